The van der Waals surface area contributed by atoms with Crippen molar-refractivity contribution in [1.29, 1.82) is 0 Å². The molecule has 178 valence electrons. The Hall–Kier alpha value is -3.61. The zero-order valence-electron chi connectivity index (χ0n) is 19.6. The number of piperazine rings is 1. The summed E-state index contributed by atoms with van der Waals surface area (Å²) < 4.78 is 24.4. The Labute approximate surface area is 198 Å². The minimum atomic E-state index is -0.420. The standard InChI is InChI=1S/C27H29FN2O4/c1-18(2)17-33-22-8-9-23-19(3)24(27(32)34-25(23)16-22)10-11-26(31)30-14-12-29(13-15-30)21-6-4-20(28)5-7-21/h4-9,16H,1,10-15,17H2,2-3H3. The average Bonchev–Trinajstić information content (AvgIpc) is 2.83. The Morgan fingerprint density at radius 3 is 2.50 bits per heavy atom. The predicted molar refractivity (Wildman–Crippen MR) is 131 cm³/mol. The summed E-state index contributed by atoms with van der Waals surface area (Å²) in [6, 6.07) is 11.8. The number of carbonyl (C=O) groups is 1. The first-order valence-electron chi connectivity index (χ1n) is 11.4. The maximum absolute atomic E-state index is 13.2. The van der Waals surface area contributed by atoms with Gasteiger partial charge < -0.3 is 19.0 Å². The number of hydrogen-bond acceptors (Lipinski definition) is 5. The topological polar surface area (TPSA) is 63.0 Å². The summed E-state index contributed by atoms with van der Waals surface area (Å²) in [4.78, 5) is 29.4. The van der Waals surface area contributed by atoms with Crippen LogP contribution in [0, 0.1) is 12.7 Å². The lowest BCUT2D eigenvalue weighted by Crippen LogP contribution is -2.48. The van der Waals surface area contributed by atoms with E-state index in [-0.39, 0.29) is 18.1 Å². The molecule has 0 saturated carbocycles. The van der Waals surface area contributed by atoms with Crippen molar-refractivity contribution in [3.63, 3.8) is 0 Å². The molecule has 1 amide bonds. The van der Waals surface area contributed by atoms with Crippen LogP contribution in [0.15, 0.2) is 63.8 Å². The molecule has 0 spiro atoms. The normalized spacial score (nSPS) is 13.9. The number of ether oxygens (including phenoxy) is 1. The molecule has 1 fully saturated rings. The molecule has 1 aromatic heterocycles. The Bertz CT molecular complexity index is 1260. The third kappa shape index (κ3) is 5.30. The van der Waals surface area contributed by atoms with Crippen LogP contribution in [-0.4, -0.2) is 43.6 Å². The molecule has 0 bridgehead atoms. The van der Waals surface area contributed by atoms with Crippen molar-refractivity contribution in [2.75, 3.05) is 37.7 Å². The van der Waals surface area contributed by atoms with Crippen LogP contribution in [-0.2, 0) is 11.2 Å². The van der Waals surface area contributed by atoms with Crippen LogP contribution >= 0.6 is 0 Å². The van der Waals surface area contributed by atoms with Gasteiger partial charge in [-0.15, -0.1) is 0 Å². The molecule has 0 aliphatic carbocycles. The number of nitrogens with zero attached hydrogens (tertiary/aromatic N) is 2. The van der Waals surface area contributed by atoms with Crippen LogP contribution in [0.2, 0.25) is 0 Å². The van der Waals surface area contributed by atoms with Crippen LogP contribution in [0.5, 0.6) is 5.75 Å². The summed E-state index contributed by atoms with van der Waals surface area (Å²) in [6.45, 7) is 10.5. The monoisotopic (exact) mass is 464 g/mol. The molecular weight excluding hydrogens is 435 g/mol. The van der Waals surface area contributed by atoms with E-state index in [1.807, 2.05) is 30.9 Å². The fourth-order valence-corrected chi connectivity index (χ4v) is 4.22. The van der Waals surface area contributed by atoms with E-state index < -0.39 is 5.63 Å². The van der Waals surface area contributed by atoms with Gasteiger partial charge in [-0.2, -0.15) is 0 Å². The van der Waals surface area contributed by atoms with Gasteiger partial charge in [0.2, 0.25) is 5.91 Å². The number of halogens is 1. The fourth-order valence-electron chi connectivity index (χ4n) is 4.22. The lowest BCUT2D eigenvalue weighted by atomic mass is 10.0. The molecule has 0 radical (unpaired) electrons. The Kier molecular flexibility index (Phi) is 7.01. The van der Waals surface area contributed by atoms with Gasteiger partial charge >= 0.3 is 5.63 Å². The van der Waals surface area contributed by atoms with E-state index >= 15 is 0 Å². The first kappa shape index (κ1) is 23.5. The highest BCUT2D eigenvalue weighted by Gasteiger charge is 2.22. The zero-order valence-corrected chi connectivity index (χ0v) is 19.6. The molecule has 3 aromatic rings. The van der Waals surface area contributed by atoms with E-state index in [1.54, 1.807) is 18.2 Å². The van der Waals surface area contributed by atoms with Crippen molar-refractivity contribution in [2.24, 2.45) is 0 Å². The number of amides is 1. The van der Waals surface area contributed by atoms with Gasteiger partial charge in [-0.25, -0.2) is 9.18 Å². The van der Waals surface area contributed by atoms with Gasteiger partial charge in [0.1, 0.15) is 23.8 Å². The third-order valence-electron chi connectivity index (χ3n) is 6.16. The van der Waals surface area contributed by atoms with Crippen LogP contribution < -0.4 is 15.3 Å². The molecule has 0 unspecified atom stereocenters. The van der Waals surface area contributed by atoms with E-state index in [0.717, 1.165) is 22.2 Å². The summed E-state index contributed by atoms with van der Waals surface area (Å²) in [6.07, 6.45) is 0.572. The molecule has 1 saturated heterocycles. The highest BCUT2D eigenvalue weighted by molar-refractivity contribution is 5.83. The van der Waals surface area contributed by atoms with Gasteiger partial charge in [0.25, 0.3) is 0 Å². The van der Waals surface area contributed by atoms with Crippen LogP contribution in [0.3, 0.4) is 0 Å². The lowest BCUT2D eigenvalue weighted by Gasteiger charge is -2.36. The second-order valence-electron chi connectivity index (χ2n) is 8.74. The smallest absolute Gasteiger partial charge is 0.339 e. The van der Waals surface area contributed by atoms with E-state index in [1.165, 1.54) is 12.1 Å². The molecule has 0 atom stereocenters. The highest BCUT2D eigenvalue weighted by atomic mass is 19.1. The van der Waals surface area contributed by atoms with Crippen molar-refractivity contribution >= 4 is 22.6 Å². The Morgan fingerprint density at radius 2 is 1.82 bits per heavy atom. The summed E-state index contributed by atoms with van der Waals surface area (Å²) in [5.74, 6) is 0.365. The minimum absolute atomic E-state index is 0.0150. The van der Waals surface area contributed by atoms with Gasteiger partial charge in [0.15, 0.2) is 0 Å². The van der Waals surface area contributed by atoms with Crippen molar-refractivity contribution < 1.29 is 18.3 Å². The number of anilines is 1. The molecule has 1 aliphatic heterocycles. The van der Waals surface area contributed by atoms with E-state index in [2.05, 4.69) is 11.5 Å². The summed E-state index contributed by atoms with van der Waals surface area (Å²) >= 11 is 0. The second-order valence-corrected chi connectivity index (χ2v) is 8.74. The highest BCUT2D eigenvalue weighted by Crippen LogP contribution is 2.25. The van der Waals surface area contributed by atoms with Gasteiger partial charge in [-0.3, -0.25) is 4.79 Å². The molecule has 34 heavy (non-hydrogen) atoms. The van der Waals surface area contributed by atoms with Gasteiger partial charge in [-0.05, 0) is 67.8 Å². The first-order chi connectivity index (χ1) is 16.3. The average molecular weight is 465 g/mol. The fraction of sp³-hybridized carbons (Fsp3) is 0.333. The number of rotatable bonds is 7. The zero-order chi connectivity index (χ0) is 24.2. The van der Waals surface area contributed by atoms with Crippen molar-refractivity contribution in [3.05, 3.63) is 82.0 Å². The predicted octanol–water partition coefficient (Wildman–Crippen LogP) is 4.48. The van der Waals surface area contributed by atoms with E-state index in [0.29, 0.717) is 56.1 Å². The summed E-state index contributed by atoms with van der Waals surface area (Å²) in [5, 5.41) is 0.831. The number of aryl methyl sites for hydroxylation is 1. The number of carbonyl (C=O) groups excluding carboxylic acids is 1. The molecule has 2 aromatic carbocycles. The van der Waals surface area contributed by atoms with Gasteiger partial charge in [0, 0.05) is 55.3 Å². The van der Waals surface area contributed by atoms with Crippen molar-refractivity contribution in [2.45, 2.75) is 26.7 Å². The number of benzene rings is 2. The van der Waals surface area contributed by atoms with Crippen molar-refractivity contribution in [1.82, 2.24) is 4.90 Å². The largest absolute Gasteiger partial charge is 0.489 e. The van der Waals surface area contributed by atoms with Crippen LogP contribution in [0.25, 0.3) is 11.0 Å². The maximum Gasteiger partial charge on any atom is 0.339 e. The molecule has 2 heterocycles. The first-order valence-corrected chi connectivity index (χ1v) is 11.4. The molecular formula is C27H29FN2O4. The van der Waals surface area contributed by atoms with Gasteiger partial charge in [0.05, 0.1) is 0 Å². The van der Waals surface area contributed by atoms with Crippen molar-refractivity contribution in [3.8, 4) is 5.75 Å². The molecule has 6 nitrogen and oxygen atoms in total. The quantitative estimate of drug-likeness (QED) is 0.381. The minimum Gasteiger partial charge on any atom is -0.489 e. The Balaban J connectivity index is 1.38. The Morgan fingerprint density at radius 1 is 1.12 bits per heavy atom. The molecule has 7 heteroatoms. The lowest BCUT2D eigenvalue weighted by molar-refractivity contribution is -0.131. The summed E-state index contributed by atoms with van der Waals surface area (Å²) in [5.41, 5.74) is 3.25. The molecule has 1 aliphatic rings. The third-order valence-corrected chi connectivity index (χ3v) is 6.16. The molecule has 4 rings (SSSR count). The van der Waals surface area contributed by atoms with E-state index in [9.17, 15) is 14.0 Å². The van der Waals surface area contributed by atoms with E-state index in [4.69, 9.17) is 9.15 Å². The summed E-state index contributed by atoms with van der Waals surface area (Å²) in [7, 11) is 0. The maximum atomic E-state index is 13.2. The van der Waals surface area contributed by atoms with Crippen LogP contribution in [0.4, 0.5) is 10.1 Å². The number of hydrogen-bond donors (Lipinski definition) is 0. The SMILES string of the molecule is C=C(C)COc1ccc2c(C)c(CCC(=O)N3CCN(c4ccc(F)cc4)CC3)c(=O)oc2c1. The second kappa shape index (κ2) is 10.1. The van der Waals surface area contributed by atoms with Gasteiger partial charge in [-0.1, -0.05) is 6.58 Å². The van der Waals surface area contributed by atoms with Crippen LogP contribution in [0.1, 0.15) is 24.5 Å². The molecule has 0 N–H and O–H groups in total. The number of fused-ring (bicyclic) bond motifs is 1.